The predicted octanol–water partition coefficient (Wildman–Crippen LogP) is 1.70. The van der Waals surface area contributed by atoms with Gasteiger partial charge in [0, 0.05) is 25.8 Å². The number of carbonyl (C=O) groups is 1. The van der Waals surface area contributed by atoms with Crippen LogP contribution in [0.5, 0.6) is 0 Å². The Hall–Kier alpha value is -1.89. The highest BCUT2D eigenvalue weighted by Crippen LogP contribution is 2.47. The molecule has 0 aliphatic heterocycles. The van der Waals surface area contributed by atoms with Crippen molar-refractivity contribution in [2.24, 2.45) is 5.41 Å². The minimum absolute atomic E-state index is 0.0263. The fraction of sp³-hybridized carbons (Fsp3) is 0.643. The molecule has 7 nitrogen and oxygen atoms in total. The molecule has 1 aromatic rings. The van der Waals surface area contributed by atoms with Crippen molar-refractivity contribution in [3.63, 3.8) is 0 Å². The van der Waals surface area contributed by atoms with E-state index < -0.39 is 4.92 Å². The number of hydrogen-bond donors (Lipinski definition) is 2. The maximum atomic E-state index is 12.2. The SMILES string of the molecule is CCCn1cc([N+](=O)[O-])cc1C(=O)NCC1(CCO)CC1. The molecule has 1 aliphatic carbocycles. The van der Waals surface area contributed by atoms with Gasteiger partial charge in [-0.25, -0.2) is 0 Å². The average Bonchev–Trinajstić information content (AvgIpc) is 3.07. The number of aryl methyl sites for hydroxylation is 1. The van der Waals surface area contributed by atoms with Gasteiger partial charge >= 0.3 is 0 Å². The predicted molar refractivity (Wildman–Crippen MR) is 77.1 cm³/mol. The molecule has 1 heterocycles. The third-order valence-electron chi connectivity index (χ3n) is 4.01. The topological polar surface area (TPSA) is 97.4 Å². The van der Waals surface area contributed by atoms with Gasteiger partial charge in [0.2, 0.25) is 0 Å². The lowest BCUT2D eigenvalue weighted by Crippen LogP contribution is -2.32. The van der Waals surface area contributed by atoms with Crippen LogP contribution in [0.2, 0.25) is 0 Å². The molecule has 7 heteroatoms. The summed E-state index contributed by atoms with van der Waals surface area (Å²) >= 11 is 0. The number of aromatic nitrogens is 1. The maximum absolute atomic E-state index is 12.2. The number of aliphatic hydroxyl groups is 1. The molecular formula is C14H21N3O4. The zero-order valence-corrected chi connectivity index (χ0v) is 12.2. The molecule has 0 atom stereocenters. The van der Waals surface area contributed by atoms with E-state index >= 15 is 0 Å². The normalized spacial score (nSPS) is 15.7. The van der Waals surface area contributed by atoms with E-state index in [-0.39, 0.29) is 23.6 Å². The van der Waals surface area contributed by atoms with Crippen molar-refractivity contribution in [2.75, 3.05) is 13.2 Å². The summed E-state index contributed by atoms with van der Waals surface area (Å²) in [4.78, 5) is 22.6. The Balaban J connectivity index is 2.05. The van der Waals surface area contributed by atoms with Crippen LogP contribution in [0.4, 0.5) is 5.69 Å². The molecule has 21 heavy (non-hydrogen) atoms. The van der Waals surface area contributed by atoms with E-state index in [0.29, 0.717) is 25.2 Å². The number of nitrogens with zero attached hydrogens (tertiary/aromatic N) is 2. The number of carbonyl (C=O) groups excluding carboxylic acids is 1. The summed E-state index contributed by atoms with van der Waals surface area (Å²) in [5.41, 5.74) is 0.284. The third kappa shape index (κ3) is 3.60. The van der Waals surface area contributed by atoms with E-state index in [1.54, 1.807) is 4.57 Å². The van der Waals surface area contributed by atoms with E-state index in [4.69, 9.17) is 5.11 Å². The van der Waals surface area contributed by atoms with Gasteiger partial charge in [-0.05, 0) is 31.1 Å². The first-order valence-corrected chi connectivity index (χ1v) is 7.25. The van der Waals surface area contributed by atoms with Crippen molar-refractivity contribution < 1.29 is 14.8 Å². The van der Waals surface area contributed by atoms with Crippen LogP contribution < -0.4 is 5.32 Å². The van der Waals surface area contributed by atoms with Gasteiger partial charge in [-0.2, -0.15) is 0 Å². The molecule has 0 bridgehead atoms. The second kappa shape index (κ2) is 6.26. The van der Waals surface area contributed by atoms with Crippen molar-refractivity contribution in [1.29, 1.82) is 0 Å². The monoisotopic (exact) mass is 295 g/mol. The average molecular weight is 295 g/mol. The molecule has 2 N–H and O–H groups in total. The number of nitrogens with one attached hydrogen (secondary N) is 1. The quantitative estimate of drug-likeness (QED) is 0.563. The Labute approximate surface area is 123 Å². The second-order valence-corrected chi connectivity index (χ2v) is 5.69. The summed E-state index contributed by atoms with van der Waals surface area (Å²) in [7, 11) is 0. The summed E-state index contributed by atoms with van der Waals surface area (Å²) in [5, 5.41) is 22.7. The van der Waals surface area contributed by atoms with Crippen molar-refractivity contribution in [3.8, 4) is 0 Å². The van der Waals surface area contributed by atoms with Crippen LogP contribution in [0.15, 0.2) is 12.3 Å². The molecule has 0 spiro atoms. The zero-order valence-electron chi connectivity index (χ0n) is 12.2. The van der Waals surface area contributed by atoms with Gasteiger partial charge in [0.25, 0.3) is 11.6 Å². The van der Waals surface area contributed by atoms with Gasteiger partial charge in [-0.3, -0.25) is 14.9 Å². The van der Waals surface area contributed by atoms with Crippen molar-refractivity contribution in [2.45, 2.75) is 39.2 Å². The second-order valence-electron chi connectivity index (χ2n) is 5.69. The summed E-state index contributed by atoms with van der Waals surface area (Å²) in [6.45, 7) is 3.15. The first kappa shape index (κ1) is 15.5. The van der Waals surface area contributed by atoms with Crippen LogP contribution in [0.25, 0.3) is 0 Å². The first-order valence-electron chi connectivity index (χ1n) is 7.25. The van der Waals surface area contributed by atoms with E-state index in [1.165, 1.54) is 12.3 Å². The van der Waals surface area contributed by atoms with E-state index in [2.05, 4.69) is 5.32 Å². The Morgan fingerprint density at radius 3 is 2.81 bits per heavy atom. The van der Waals surface area contributed by atoms with Crippen LogP contribution >= 0.6 is 0 Å². The minimum atomic E-state index is -0.489. The molecule has 1 saturated carbocycles. The molecule has 1 aliphatic rings. The van der Waals surface area contributed by atoms with Crippen LogP contribution in [-0.2, 0) is 6.54 Å². The molecule has 116 valence electrons. The standard InChI is InChI=1S/C14H21N3O4/c1-2-6-16-9-11(17(20)21)8-12(16)13(19)15-10-14(3-4-14)5-7-18/h8-9,18H,2-7,10H2,1H3,(H,15,19). The van der Waals surface area contributed by atoms with Crippen molar-refractivity contribution >= 4 is 11.6 Å². The largest absolute Gasteiger partial charge is 0.396 e. The smallest absolute Gasteiger partial charge is 0.287 e. The maximum Gasteiger partial charge on any atom is 0.287 e. The molecule has 1 amide bonds. The van der Waals surface area contributed by atoms with Gasteiger partial charge in [-0.15, -0.1) is 0 Å². The molecule has 0 saturated heterocycles. The number of amides is 1. The van der Waals surface area contributed by atoms with Gasteiger partial charge in [0.05, 0.1) is 11.1 Å². The fourth-order valence-electron chi connectivity index (χ4n) is 2.50. The summed E-state index contributed by atoms with van der Waals surface area (Å²) < 4.78 is 1.62. The molecule has 2 rings (SSSR count). The molecule has 0 radical (unpaired) electrons. The molecule has 1 fully saturated rings. The van der Waals surface area contributed by atoms with E-state index in [9.17, 15) is 14.9 Å². The Morgan fingerprint density at radius 1 is 1.57 bits per heavy atom. The summed E-state index contributed by atoms with van der Waals surface area (Å²) in [5.74, 6) is -0.291. The van der Waals surface area contributed by atoms with Gasteiger partial charge in [0.15, 0.2) is 0 Å². The lowest BCUT2D eigenvalue weighted by atomic mass is 10.0. The number of hydrogen-bond acceptors (Lipinski definition) is 4. The number of rotatable bonds is 8. The van der Waals surface area contributed by atoms with Crippen molar-refractivity contribution in [1.82, 2.24) is 9.88 Å². The van der Waals surface area contributed by atoms with Crippen LogP contribution in [0.1, 0.15) is 43.1 Å². The minimum Gasteiger partial charge on any atom is -0.396 e. The van der Waals surface area contributed by atoms with Crippen LogP contribution in [0.3, 0.4) is 0 Å². The summed E-state index contributed by atoms with van der Waals surface area (Å²) in [6.07, 6.45) is 4.89. The Morgan fingerprint density at radius 2 is 2.29 bits per heavy atom. The van der Waals surface area contributed by atoms with Gasteiger partial charge in [-0.1, -0.05) is 6.92 Å². The highest BCUT2D eigenvalue weighted by molar-refractivity contribution is 5.93. The number of nitro groups is 1. The third-order valence-corrected chi connectivity index (χ3v) is 4.01. The van der Waals surface area contributed by atoms with E-state index in [1.807, 2.05) is 6.92 Å². The zero-order chi connectivity index (χ0) is 15.5. The Kier molecular flexibility index (Phi) is 4.62. The fourth-order valence-corrected chi connectivity index (χ4v) is 2.50. The Bertz CT molecular complexity index is 534. The van der Waals surface area contributed by atoms with Crippen molar-refractivity contribution in [3.05, 3.63) is 28.1 Å². The lowest BCUT2D eigenvalue weighted by Gasteiger charge is -2.15. The van der Waals surface area contributed by atoms with Gasteiger partial charge in [0.1, 0.15) is 5.69 Å². The van der Waals surface area contributed by atoms with Crippen LogP contribution in [-0.4, -0.2) is 33.7 Å². The molecule has 1 aromatic heterocycles. The van der Waals surface area contributed by atoms with E-state index in [0.717, 1.165) is 19.3 Å². The number of aliphatic hydroxyl groups excluding tert-OH is 1. The molecule has 0 aromatic carbocycles. The summed E-state index contributed by atoms with van der Waals surface area (Å²) in [6, 6.07) is 1.32. The first-order chi connectivity index (χ1) is 10.0. The molecule has 0 unspecified atom stereocenters. The highest BCUT2D eigenvalue weighted by atomic mass is 16.6. The van der Waals surface area contributed by atoms with Gasteiger partial charge < -0.3 is 15.0 Å². The highest BCUT2D eigenvalue weighted by Gasteiger charge is 2.42. The molecular weight excluding hydrogens is 274 g/mol. The van der Waals surface area contributed by atoms with Crippen LogP contribution in [0, 0.1) is 15.5 Å². The lowest BCUT2D eigenvalue weighted by molar-refractivity contribution is -0.384.